The van der Waals surface area contributed by atoms with Crippen molar-refractivity contribution in [3.8, 4) is 0 Å². The summed E-state index contributed by atoms with van der Waals surface area (Å²) in [6, 6.07) is 0. The van der Waals surface area contributed by atoms with Gasteiger partial charge in [-0.1, -0.05) is 30.6 Å². The molecular weight excluding hydrogens is 144 g/mol. The maximum absolute atomic E-state index is 3.74. The smallest absolute Gasteiger partial charge is 0.0231 e. The van der Waals surface area contributed by atoms with E-state index in [1.807, 2.05) is 6.08 Å². The first-order valence-corrected chi connectivity index (χ1v) is 5.11. The molecule has 0 unspecified atom stereocenters. The minimum atomic E-state index is 0.898. The van der Waals surface area contributed by atoms with E-state index in [1.54, 1.807) is 5.57 Å². The van der Waals surface area contributed by atoms with Gasteiger partial charge in [0.1, 0.15) is 0 Å². The molecule has 1 rings (SSSR count). The predicted octanol–water partition coefficient (Wildman–Crippen LogP) is 4.09. The Labute approximate surface area is 76.4 Å². The van der Waals surface area contributed by atoms with Crippen molar-refractivity contribution in [1.82, 2.24) is 0 Å². The number of hydrogen-bond donors (Lipinski definition) is 0. The summed E-state index contributed by atoms with van der Waals surface area (Å²) in [5, 5.41) is 0. The summed E-state index contributed by atoms with van der Waals surface area (Å²) in [4.78, 5) is 0. The molecular formula is C12H20. The van der Waals surface area contributed by atoms with Gasteiger partial charge in [-0.2, -0.15) is 0 Å². The Bertz CT molecular complexity index is 159. The predicted molar refractivity (Wildman–Crippen MR) is 55.1 cm³/mol. The van der Waals surface area contributed by atoms with Crippen LogP contribution in [0.5, 0.6) is 0 Å². The fourth-order valence-electron chi connectivity index (χ4n) is 1.94. The summed E-state index contributed by atoms with van der Waals surface area (Å²) >= 11 is 0. The SMILES string of the molecule is C=CCC/C(C)=C/C1CCCC1. The van der Waals surface area contributed by atoms with Crippen LogP contribution in [0.2, 0.25) is 0 Å². The third kappa shape index (κ3) is 3.25. The second kappa shape index (κ2) is 5.18. The lowest BCUT2D eigenvalue weighted by atomic mass is 10.0. The average molecular weight is 164 g/mol. The van der Waals surface area contributed by atoms with Crippen molar-refractivity contribution in [2.45, 2.75) is 45.4 Å². The first-order valence-electron chi connectivity index (χ1n) is 5.11. The van der Waals surface area contributed by atoms with E-state index in [-0.39, 0.29) is 0 Å². The van der Waals surface area contributed by atoms with Crippen LogP contribution in [0.15, 0.2) is 24.3 Å². The van der Waals surface area contributed by atoms with Gasteiger partial charge < -0.3 is 0 Å². The molecule has 0 atom stereocenters. The zero-order valence-electron chi connectivity index (χ0n) is 8.18. The fraction of sp³-hybridized carbons (Fsp3) is 0.667. The van der Waals surface area contributed by atoms with Crippen molar-refractivity contribution in [3.63, 3.8) is 0 Å². The summed E-state index contributed by atoms with van der Waals surface area (Å²) in [5.74, 6) is 0.898. The van der Waals surface area contributed by atoms with E-state index in [1.165, 1.54) is 32.1 Å². The second-order valence-corrected chi connectivity index (χ2v) is 3.88. The lowest BCUT2D eigenvalue weighted by molar-refractivity contribution is 0.675. The van der Waals surface area contributed by atoms with Gasteiger partial charge >= 0.3 is 0 Å². The van der Waals surface area contributed by atoms with Crippen molar-refractivity contribution in [2.24, 2.45) is 5.92 Å². The summed E-state index contributed by atoms with van der Waals surface area (Å²) in [6.45, 7) is 5.99. The molecule has 68 valence electrons. The van der Waals surface area contributed by atoms with Gasteiger partial charge in [0.15, 0.2) is 0 Å². The topological polar surface area (TPSA) is 0 Å². The van der Waals surface area contributed by atoms with Crippen molar-refractivity contribution in [2.75, 3.05) is 0 Å². The molecule has 0 nitrogen and oxygen atoms in total. The van der Waals surface area contributed by atoms with Crippen LogP contribution in [0, 0.1) is 5.92 Å². The molecule has 0 amide bonds. The molecule has 0 aromatic carbocycles. The minimum Gasteiger partial charge on any atom is -0.103 e. The first kappa shape index (κ1) is 9.57. The summed E-state index contributed by atoms with van der Waals surface area (Å²) in [7, 11) is 0. The van der Waals surface area contributed by atoms with Crippen molar-refractivity contribution >= 4 is 0 Å². The van der Waals surface area contributed by atoms with Gasteiger partial charge in [0.2, 0.25) is 0 Å². The minimum absolute atomic E-state index is 0.898. The molecule has 0 saturated heterocycles. The molecule has 0 heterocycles. The van der Waals surface area contributed by atoms with E-state index >= 15 is 0 Å². The van der Waals surface area contributed by atoms with Crippen LogP contribution < -0.4 is 0 Å². The molecule has 1 fully saturated rings. The Kier molecular flexibility index (Phi) is 4.13. The van der Waals surface area contributed by atoms with Crippen molar-refractivity contribution < 1.29 is 0 Å². The molecule has 0 aliphatic heterocycles. The van der Waals surface area contributed by atoms with Gasteiger partial charge in [0, 0.05) is 0 Å². The average Bonchev–Trinajstić information content (AvgIpc) is 2.53. The lowest BCUT2D eigenvalue weighted by Crippen LogP contribution is -1.88. The zero-order valence-corrected chi connectivity index (χ0v) is 8.18. The molecule has 1 aliphatic carbocycles. The van der Waals surface area contributed by atoms with E-state index < -0.39 is 0 Å². The van der Waals surface area contributed by atoms with Crippen LogP contribution in [0.3, 0.4) is 0 Å². The van der Waals surface area contributed by atoms with Crippen molar-refractivity contribution in [1.29, 1.82) is 0 Å². The van der Waals surface area contributed by atoms with Crippen LogP contribution in [0.4, 0.5) is 0 Å². The molecule has 0 aromatic heterocycles. The largest absolute Gasteiger partial charge is 0.103 e. The quantitative estimate of drug-likeness (QED) is 0.549. The Morgan fingerprint density at radius 1 is 1.42 bits per heavy atom. The highest BCUT2D eigenvalue weighted by Crippen LogP contribution is 2.27. The Balaban J connectivity index is 2.27. The lowest BCUT2D eigenvalue weighted by Gasteiger charge is -2.04. The van der Waals surface area contributed by atoms with E-state index in [2.05, 4.69) is 19.6 Å². The molecule has 0 bridgehead atoms. The number of rotatable bonds is 4. The first-order chi connectivity index (χ1) is 5.83. The summed E-state index contributed by atoms with van der Waals surface area (Å²) < 4.78 is 0. The Morgan fingerprint density at radius 3 is 2.67 bits per heavy atom. The van der Waals surface area contributed by atoms with Crippen LogP contribution in [0.1, 0.15) is 45.4 Å². The summed E-state index contributed by atoms with van der Waals surface area (Å²) in [5.41, 5.74) is 1.56. The van der Waals surface area contributed by atoms with Crippen LogP contribution in [-0.2, 0) is 0 Å². The highest BCUT2D eigenvalue weighted by molar-refractivity contribution is 5.03. The number of hydrogen-bond acceptors (Lipinski definition) is 0. The second-order valence-electron chi connectivity index (χ2n) is 3.88. The monoisotopic (exact) mass is 164 g/mol. The molecule has 0 radical (unpaired) electrons. The third-order valence-electron chi connectivity index (χ3n) is 2.66. The van der Waals surface area contributed by atoms with Crippen LogP contribution in [-0.4, -0.2) is 0 Å². The molecule has 0 spiro atoms. The van der Waals surface area contributed by atoms with E-state index in [4.69, 9.17) is 0 Å². The molecule has 0 N–H and O–H groups in total. The van der Waals surface area contributed by atoms with Gasteiger partial charge in [-0.25, -0.2) is 0 Å². The Hall–Kier alpha value is -0.520. The third-order valence-corrected chi connectivity index (χ3v) is 2.66. The molecule has 1 aliphatic rings. The molecule has 12 heavy (non-hydrogen) atoms. The van der Waals surface area contributed by atoms with Gasteiger partial charge in [-0.05, 0) is 38.5 Å². The highest BCUT2D eigenvalue weighted by Gasteiger charge is 2.11. The summed E-state index contributed by atoms with van der Waals surface area (Å²) in [6.07, 6.45) is 12.6. The van der Waals surface area contributed by atoms with E-state index in [0.29, 0.717) is 0 Å². The maximum Gasteiger partial charge on any atom is -0.0231 e. The Morgan fingerprint density at radius 2 is 2.08 bits per heavy atom. The standard InChI is InChI=1S/C12H20/c1-3-4-7-11(2)10-12-8-5-6-9-12/h3,10,12H,1,4-9H2,2H3/b11-10+. The normalized spacial score (nSPS) is 19.9. The maximum atomic E-state index is 3.74. The molecule has 0 aromatic rings. The van der Waals surface area contributed by atoms with Gasteiger partial charge in [0.25, 0.3) is 0 Å². The van der Waals surface area contributed by atoms with Crippen LogP contribution >= 0.6 is 0 Å². The fourth-order valence-corrected chi connectivity index (χ4v) is 1.94. The van der Waals surface area contributed by atoms with Gasteiger partial charge in [0.05, 0.1) is 0 Å². The van der Waals surface area contributed by atoms with E-state index in [9.17, 15) is 0 Å². The van der Waals surface area contributed by atoms with E-state index in [0.717, 1.165) is 12.3 Å². The van der Waals surface area contributed by atoms with Gasteiger partial charge in [-0.15, -0.1) is 6.58 Å². The van der Waals surface area contributed by atoms with Crippen LogP contribution in [0.25, 0.3) is 0 Å². The number of allylic oxidation sites excluding steroid dienone is 3. The highest BCUT2D eigenvalue weighted by atomic mass is 14.2. The zero-order chi connectivity index (χ0) is 8.81. The molecule has 0 heteroatoms. The van der Waals surface area contributed by atoms with Gasteiger partial charge in [-0.3, -0.25) is 0 Å². The molecule has 1 saturated carbocycles. The van der Waals surface area contributed by atoms with Crippen molar-refractivity contribution in [3.05, 3.63) is 24.3 Å².